The van der Waals surface area contributed by atoms with Gasteiger partial charge < -0.3 is 15.7 Å². The number of carbonyl (C=O) groups is 2. The fourth-order valence-corrected chi connectivity index (χ4v) is 1.54. The third-order valence-corrected chi connectivity index (χ3v) is 2.19. The van der Waals surface area contributed by atoms with Gasteiger partial charge in [-0.15, -0.1) is 0 Å². The summed E-state index contributed by atoms with van der Waals surface area (Å²) in [5.41, 5.74) is 0.242. The van der Waals surface area contributed by atoms with E-state index in [4.69, 9.17) is 28.9 Å². The number of hydrogen-bond donors (Lipinski definition) is 3. The van der Waals surface area contributed by atoms with Crippen molar-refractivity contribution in [3.05, 3.63) is 28.8 Å². The number of carbonyl (C=O) groups excluding carboxylic acids is 1. The van der Waals surface area contributed by atoms with Crippen molar-refractivity contribution in [3.8, 4) is 0 Å². The Bertz CT molecular complexity index is 490. The summed E-state index contributed by atoms with van der Waals surface area (Å²) in [6.45, 7) is 1.30. The van der Waals surface area contributed by atoms with Gasteiger partial charge in [-0.1, -0.05) is 11.6 Å². The standard InChI is InChI=1S/C10H9ClN2O3S/c1-5(14)12-10(17)13-8-3-2-6(11)4-7(8)9(15)16/h2-4H,1H3,(H,15,16)(H2,12,13,14,17). The van der Waals surface area contributed by atoms with Gasteiger partial charge in [-0.05, 0) is 30.4 Å². The van der Waals surface area contributed by atoms with Crippen LogP contribution >= 0.6 is 23.8 Å². The van der Waals surface area contributed by atoms with Crippen LogP contribution in [-0.4, -0.2) is 22.1 Å². The van der Waals surface area contributed by atoms with Gasteiger partial charge in [0.2, 0.25) is 5.91 Å². The first-order chi connectivity index (χ1) is 7.90. The van der Waals surface area contributed by atoms with E-state index in [2.05, 4.69) is 10.6 Å². The number of carboxylic acid groups (broad SMARTS) is 1. The number of aromatic carboxylic acids is 1. The molecule has 0 aliphatic rings. The van der Waals surface area contributed by atoms with Crippen LogP contribution in [0.2, 0.25) is 5.02 Å². The van der Waals surface area contributed by atoms with Gasteiger partial charge in [-0.25, -0.2) is 4.79 Å². The molecule has 0 aliphatic carbocycles. The van der Waals surface area contributed by atoms with Crippen LogP contribution in [0.3, 0.4) is 0 Å². The molecular formula is C10H9ClN2O3S. The molecule has 7 heteroatoms. The van der Waals surface area contributed by atoms with E-state index in [0.717, 1.165) is 0 Å². The van der Waals surface area contributed by atoms with Gasteiger partial charge in [-0.2, -0.15) is 0 Å². The second-order valence-electron chi connectivity index (χ2n) is 3.13. The van der Waals surface area contributed by atoms with Crippen molar-refractivity contribution in [3.63, 3.8) is 0 Å². The fourth-order valence-electron chi connectivity index (χ4n) is 1.12. The van der Waals surface area contributed by atoms with E-state index in [1.807, 2.05) is 0 Å². The van der Waals surface area contributed by atoms with E-state index >= 15 is 0 Å². The number of nitrogens with one attached hydrogen (secondary N) is 2. The number of anilines is 1. The normalized spacial score (nSPS) is 9.53. The molecule has 5 nitrogen and oxygen atoms in total. The largest absolute Gasteiger partial charge is 0.478 e. The molecule has 1 amide bonds. The first-order valence-electron chi connectivity index (χ1n) is 4.51. The van der Waals surface area contributed by atoms with Gasteiger partial charge in [0.1, 0.15) is 0 Å². The number of carboxylic acids is 1. The predicted octanol–water partition coefficient (Wildman–Crippen LogP) is 1.87. The Morgan fingerprint density at radius 3 is 2.59 bits per heavy atom. The molecule has 0 radical (unpaired) electrons. The first-order valence-corrected chi connectivity index (χ1v) is 5.30. The summed E-state index contributed by atoms with van der Waals surface area (Å²) in [5.74, 6) is -1.48. The second-order valence-corrected chi connectivity index (χ2v) is 3.98. The molecule has 1 rings (SSSR count). The minimum atomic E-state index is -1.14. The number of benzene rings is 1. The molecule has 0 atom stereocenters. The Morgan fingerprint density at radius 1 is 1.41 bits per heavy atom. The molecule has 17 heavy (non-hydrogen) atoms. The van der Waals surface area contributed by atoms with E-state index in [1.165, 1.54) is 25.1 Å². The topological polar surface area (TPSA) is 78.4 Å². The van der Waals surface area contributed by atoms with E-state index in [1.54, 1.807) is 0 Å². The zero-order valence-electron chi connectivity index (χ0n) is 8.78. The van der Waals surface area contributed by atoms with Crippen molar-refractivity contribution in [1.29, 1.82) is 0 Å². The van der Waals surface area contributed by atoms with E-state index in [-0.39, 0.29) is 22.3 Å². The number of amides is 1. The average Bonchev–Trinajstić information content (AvgIpc) is 2.19. The molecule has 90 valence electrons. The van der Waals surface area contributed by atoms with Gasteiger partial charge in [0.15, 0.2) is 5.11 Å². The zero-order chi connectivity index (χ0) is 13.0. The maximum atomic E-state index is 10.9. The summed E-state index contributed by atoms with van der Waals surface area (Å²) in [5, 5.41) is 14.2. The van der Waals surface area contributed by atoms with E-state index in [0.29, 0.717) is 5.02 Å². The Morgan fingerprint density at radius 2 is 2.06 bits per heavy atom. The lowest BCUT2D eigenvalue weighted by molar-refractivity contribution is -0.117. The van der Waals surface area contributed by atoms with Crippen LogP contribution in [0.15, 0.2) is 18.2 Å². The molecule has 3 N–H and O–H groups in total. The maximum Gasteiger partial charge on any atom is 0.337 e. The minimum Gasteiger partial charge on any atom is -0.478 e. The van der Waals surface area contributed by atoms with Crippen molar-refractivity contribution < 1.29 is 14.7 Å². The van der Waals surface area contributed by atoms with Crippen LogP contribution in [0.25, 0.3) is 0 Å². The molecular weight excluding hydrogens is 264 g/mol. The molecule has 1 aromatic rings. The van der Waals surface area contributed by atoms with Gasteiger partial charge in [0.05, 0.1) is 11.3 Å². The summed E-state index contributed by atoms with van der Waals surface area (Å²) in [6.07, 6.45) is 0. The van der Waals surface area contributed by atoms with Crippen LogP contribution in [0.5, 0.6) is 0 Å². The summed E-state index contributed by atoms with van der Waals surface area (Å²) < 4.78 is 0. The first kappa shape index (κ1) is 13.4. The molecule has 0 heterocycles. The van der Waals surface area contributed by atoms with Crippen LogP contribution in [0.1, 0.15) is 17.3 Å². The SMILES string of the molecule is CC(=O)NC(=S)Nc1ccc(Cl)cc1C(=O)O. The number of thiocarbonyl (C=S) groups is 1. The lowest BCUT2D eigenvalue weighted by Gasteiger charge is -2.10. The second kappa shape index (κ2) is 5.60. The van der Waals surface area contributed by atoms with Gasteiger partial charge >= 0.3 is 5.97 Å². The highest BCUT2D eigenvalue weighted by atomic mass is 35.5. The third-order valence-electron chi connectivity index (χ3n) is 1.75. The van der Waals surface area contributed by atoms with Gasteiger partial charge in [-0.3, -0.25) is 4.79 Å². The Kier molecular flexibility index (Phi) is 4.42. The highest BCUT2D eigenvalue weighted by Crippen LogP contribution is 2.20. The Hall–Kier alpha value is -1.66. The molecule has 0 fully saturated rings. The Labute approximate surface area is 108 Å². The lowest BCUT2D eigenvalue weighted by Crippen LogP contribution is -2.32. The molecule has 0 saturated carbocycles. The highest BCUT2D eigenvalue weighted by molar-refractivity contribution is 7.80. The molecule has 0 aliphatic heterocycles. The van der Waals surface area contributed by atoms with Crippen LogP contribution in [0.4, 0.5) is 5.69 Å². The summed E-state index contributed by atoms with van der Waals surface area (Å²) >= 11 is 10.5. The molecule has 0 bridgehead atoms. The molecule has 0 unspecified atom stereocenters. The lowest BCUT2D eigenvalue weighted by atomic mass is 10.2. The van der Waals surface area contributed by atoms with Crippen molar-refractivity contribution in [2.45, 2.75) is 6.92 Å². The van der Waals surface area contributed by atoms with Crippen molar-refractivity contribution in [2.24, 2.45) is 0 Å². The van der Waals surface area contributed by atoms with Crippen molar-refractivity contribution in [1.82, 2.24) is 5.32 Å². The average molecular weight is 273 g/mol. The summed E-state index contributed by atoms with van der Waals surface area (Å²) in [6, 6.07) is 4.29. The molecule has 0 saturated heterocycles. The van der Waals surface area contributed by atoms with Crippen molar-refractivity contribution >= 4 is 46.5 Å². The number of hydrogen-bond acceptors (Lipinski definition) is 3. The monoisotopic (exact) mass is 272 g/mol. The van der Waals surface area contributed by atoms with E-state index < -0.39 is 5.97 Å². The zero-order valence-corrected chi connectivity index (χ0v) is 10.4. The minimum absolute atomic E-state index is 0.0230. The van der Waals surface area contributed by atoms with Crippen LogP contribution in [-0.2, 0) is 4.79 Å². The van der Waals surface area contributed by atoms with Crippen LogP contribution in [0, 0.1) is 0 Å². The smallest absolute Gasteiger partial charge is 0.337 e. The third kappa shape index (κ3) is 4.01. The number of halogens is 1. The molecule has 0 aromatic heterocycles. The quantitative estimate of drug-likeness (QED) is 0.717. The maximum absolute atomic E-state index is 10.9. The predicted molar refractivity (Wildman–Crippen MR) is 68.4 cm³/mol. The Balaban J connectivity index is 2.94. The fraction of sp³-hybridized carbons (Fsp3) is 0.100. The number of rotatable bonds is 2. The molecule has 0 spiro atoms. The summed E-state index contributed by atoms with van der Waals surface area (Å²) in [7, 11) is 0. The van der Waals surface area contributed by atoms with Gasteiger partial charge in [0, 0.05) is 11.9 Å². The van der Waals surface area contributed by atoms with Crippen molar-refractivity contribution in [2.75, 3.05) is 5.32 Å². The highest BCUT2D eigenvalue weighted by Gasteiger charge is 2.11. The summed E-state index contributed by atoms with van der Waals surface area (Å²) in [4.78, 5) is 21.7. The van der Waals surface area contributed by atoms with E-state index in [9.17, 15) is 9.59 Å². The molecule has 1 aromatic carbocycles. The van der Waals surface area contributed by atoms with Crippen LogP contribution < -0.4 is 10.6 Å². The van der Waals surface area contributed by atoms with Gasteiger partial charge in [0.25, 0.3) is 0 Å².